The number of phenols is 1. The third-order valence-corrected chi connectivity index (χ3v) is 9.45. The highest BCUT2D eigenvalue weighted by Crippen LogP contribution is 2.64. The molecule has 0 radical (unpaired) electrons. The van der Waals surface area contributed by atoms with Gasteiger partial charge in [0.2, 0.25) is 23.6 Å². The predicted molar refractivity (Wildman–Crippen MR) is 141 cm³/mol. The number of likely N-dealkylation sites (tertiary alicyclic amines) is 1. The number of imide groups is 2. The van der Waals surface area contributed by atoms with E-state index in [0.29, 0.717) is 42.1 Å². The fraction of sp³-hybridized carbons (Fsp3) is 0.400. The second-order valence-corrected chi connectivity index (χ2v) is 11.4. The third-order valence-electron chi connectivity index (χ3n) is 9.12. The van der Waals surface area contributed by atoms with Gasteiger partial charge in [0, 0.05) is 17.5 Å². The Balaban J connectivity index is 1.53. The molecule has 3 fully saturated rings. The highest BCUT2D eigenvalue weighted by atomic mass is 35.5. The van der Waals surface area contributed by atoms with E-state index in [0.717, 1.165) is 5.57 Å². The lowest BCUT2D eigenvalue weighted by molar-refractivity contribution is -0.140. The predicted octanol–water partition coefficient (Wildman–Crippen LogP) is 4.69. The van der Waals surface area contributed by atoms with Gasteiger partial charge in [0.15, 0.2) is 0 Å². The third kappa shape index (κ3) is 3.27. The van der Waals surface area contributed by atoms with E-state index in [9.17, 15) is 24.3 Å². The Labute approximate surface area is 226 Å². The summed E-state index contributed by atoms with van der Waals surface area (Å²) in [6, 6.07) is 13.5. The van der Waals surface area contributed by atoms with Crippen molar-refractivity contribution in [2.45, 2.75) is 39.0 Å². The van der Waals surface area contributed by atoms with Crippen LogP contribution in [-0.4, -0.2) is 40.2 Å². The number of allylic oxidation sites excluding steroid dienone is 2. The molecule has 2 aromatic carbocycles. The molecule has 2 aromatic rings. The molecule has 2 aliphatic carbocycles. The summed E-state index contributed by atoms with van der Waals surface area (Å²) in [5, 5.41) is 10.3. The lowest BCUT2D eigenvalue weighted by Crippen LogP contribution is -2.49. The number of benzene rings is 2. The topological polar surface area (TPSA) is 95.0 Å². The smallest absolute Gasteiger partial charge is 0.241 e. The van der Waals surface area contributed by atoms with Gasteiger partial charge in [-0.3, -0.25) is 24.1 Å². The molecule has 0 unspecified atom stereocenters. The Morgan fingerprint density at radius 1 is 1.00 bits per heavy atom. The quantitative estimate of drug-likeness (QED) is 0.455. The SMILES string of the molecule is CCCN1C(=O)[C@H]2[C@H](CC=C3[C@H]2C[C@H]2C(=O)N(c4ccccc4)C(=O)[C@@]2(C)[C@H]3c2ccc(O)cc2Cl)C1=O. The first-order valence-corrected chi connectivity index (χ1v) is 13.5. The summed E-state index contributed by atoms with van der Waals surface area (Å²) < 4.78 is 0. The number of carbonyl (C=O) groups excluding carboxylic acids is 4. The molecule has 2 aliphatic heterocycles. The van der Waals surface area contributed by atoms with E-state index in [-0.39, 0.29) is 35.3 Å². The summed E-state index contributed by atoms with van der Waals surface area (Å²) in [5.41, 5.74) is 0.861. The van der Waals surface area contributed by atoms with Gasteiger partial charge in [-0.15, -0.1) is 0 Å². The minimum atomic E-state index is -1.16. The molecule has 0 aromatic heterocycles. The van der Waals surface area contributed by atoms with Gasteiger partial charge in [-0.1, -0.05) is 54.4 Å². The number of aromatic hydroxyl groups is 1. The number of amides is 4. The first-order chi connectivity index (χ1) is 18.2. The van der Waals surface area contributed by atoms with Crippen LogP contribution in [-0.2, 0) is 19.2 Å². The maximum atomic E-state index is 14.2. The first-order valence-electron chi connectivity index (χ1n) is 13.2. The number of carbonyl (C=O) groups is 4. The van der Waals surface area contributed by atoms with E-state index in [2.05, 4.69) is 0 Å². The van der Waals surface area contributed by atoms with Gasteiger partial charge >= 0.3 is 0 Å². The standard InChI is InChI=1S/C30H29ClN2O5/c1-3-13-32-26(35)20-12-11-18-21(24(20)28(32)37)15-22-27(36)33(16-7-5-4-6-8-16)29(38)30(22,2)25(18)19-10-9-17(34)14-23(19)31/h4-11,14,20-22,24-25,34H,3,12-13,15H2,1-2H3/t20-,21+,22-,24-,25+,30+/m0/s1. The Kier molecular flexibility index (Phi) is 5.76. The van der Waals surface area contributed by atoms with Crippen molar-refractivity contribution in [2.24, 2.45) is 29.1 Å². The summed E-state index contributed by atoms with van der Waals surface area (Å²) in [7, 11) is 0. The molecule has 4 aliphatic rings. The van der Waals surface area contributed by atoms with Crippen LogP contribution in [0.3, 0.4) is 0 Å². The van der Waals surface area contributed by atoms with Crippen molar-refractivity contribution < 1.29 is 24.3 Å². The fourth-order valence-corrected chi connectivity index (χ4v) is 7.73. The van der Waals surface area contributed by atoms with Gasteiger partial charge in [0.05, 0.1) is 28.9 Å². The number of para-hydroxylation sites is 1. The maximum Gasteiger partial charge on any atom is 0.241 e. The Morgan fingerprint density at radius 3 is 2.42 bits per heavy atom. The van der Waals surface area contributed by atoms with E-state index in [4.69, 9.17) is 11.6 Å². The monoisotopic (exact) mass is 532 g/mol. The Bertz CT molecular complexity index is 1400. The molecule has 7 nitrogen and oxygen atoms in total. The van der Waals surface area contributed by atoms with E-state index >= 15 is 0 Å². The fourth-order valence-electron chi connectivity index (χ4n) is 7.44. The van der Waals surface area contributed by atoms with Gasteiger partial charge in [-0.05, 0) is 61.9 Å². The molecule has 6 rings (SSSR count). The first kappa shape index (κ1) is 24.9. The lowest BCUT2D eigenvalue weighted by Gasteiger charge is -2.49. The summed E-state index contributed by atoms with van der Waals surface area (Å²) in [5.74, 6) is -3.63. The second kappa shape index (κ2) is 8.80. The van der Waals surface area contributed by atoms with Gasteiger partial charge in [0.1, 0.15) is 5.75 Å². The van der Waals surface area contributed by atoms with Crippen molar-refractivity contribution in [3.05, 3.63) is 70.8 Å². The zero-order valence-corrected chi connectivity index (χ0v) is 22.0. The van der Waals surface area contributed by atoms with Crippen LogP contribution < -0.4 is 4.90 Å². The van der Waals surface area contributed by atoms with Crippen LogP contribution in [0.2, 0.25) is 5.02 Å². The van der Waals surface area contributed by atoms with Crippen molar-refractivity contribution in [3.8, 4) is 5.75 Å². The average molecular weight is 533 g/mol. The highest BCUT2D eigenvalue weighted by Gasteiger charge is 2.67. The van der Waals surface area contributed by atoms with Crippen molar-refractivity contribution in [2.75, 3.05) is 11.4 Å². The van der Waals surface area contributed by atoms with E-state index in [1.807, 2.05) is 26.0 Å². The number of fused-ring (bicyclic) bond motifs is 4. The number of anilines is 1. The average Bonchev–Trinajstić information content (AvgIpc) is 3.25. The molecule has 8 heteroatoms. The molecule has 1 N–H and O–H groups in total. The van der Waals surface area contributed by atoms with Gasteiger partial charge in [-0.25, -0.2) is 4.90 Å². The van der Waals surface area contributed by atoms with Crippen molar-refractivity contribution in [3.63, 3.8) is 0 Å². The number of nitrogens with zero attached hydrogens (tertiary/aromatic N) is 2. The van der Waals surface area contributed by atoms with Crippen LogP contribution in [0.5, 0.6) is 5.75 Å². The molecule has 4 amide bonds. The van der Waals surface area contributed by atoms with Crippen LogP contribution >= 0.6 is 11.6 Å². The van der Waals surface area contributed by atoms with Gasteiger partial charge in [0.25, 0.3) is 0 Å². The minimum Gasteiger partial charge on any atom is -0.508 e. The van der Waals surface area contributed by atoms with Crippen LogP contribution in [0, 0.1) is 29.1 Å². The molecule has 38 heavy (non-hydrogen) atoms. The van der Waals surface area contributed by atoms with Crippen molar-refractivity contribution in [1.82, 2.24) is 4.90 Å². The van der Waals surface area contributed by atoms with Crippen molar-refractivity contribution >= 4 is 40.9 Å². The maximum absolute atomic E-state index is 14.2. The molecule has 0 bridgehead atoms. The molecular formula is C30H29ClN2O5. The molecule has 6 atom stereocenters. The van der Waals surface area contributed by atoms with E-state index < -0.39 is 29.1 Å². The molecule has 1 saturated carbocycles. The van der Waals surface area contributed by atoms with Crippen LogP contribution in [0.25, 0.3) is 0 Å². The minimum absolute atomic E-state index is 0.00277. The highest BCUT2D eigenvalue weighted by molar-refractivity contribution is 6.32. The van der Waals surface area contributed by atoms with Gasteiger partial charge in [-0.2, -0.15) is 0 Å². The number of halogens is 1. The molecule has 196 valence electrons. The second-order valence-electron chi connectivity index (χ2n) is 11.0. The summed E-state index contributed by atoms with van der Waals surface area (Å²) in [6.07, 6.45) is 3.39. The Morgan fingerprint density at radius 2 is 1.74 bits per heavy atom. The number of hydrogen-bond acceptors (Lipinski definition) is 5. The molecule has 2 saturated heterocycles. The summed E-state index contributed by atoms with van der Waals surface area (Å²) >= 11 is 6.69. The summed E-state index contributed by atoms with van der Waals surface area (Å²) in [6.45, 7) is 4.13. The van der Waals surface area contributed by atoms with Crippen LogP contribution in [0.1, 0.15) is 44.6 Å². The van der Waals surface area contributed by atoms with E-state index in [1.54, 1.807) is 30.3 Å². The molecular weight excluding hydrogens is 504 g/mol. The zero-order chi connectivity index (χ0) is 26.9. The van der Waals surface area contributed by atoms with Crippen molar-refractivity contribution in [1.29, 1.82) is 0 Å². The van der Waals surface area contributed by atoms with Crippen LogP contribution in [0.4, 0.5) is 5.69 Å². The number of rotatable bonds is 4. The molecule has 2 heterocycles. The Hall–Kier alpha value is -3.45. The lowest BCUT2D eigenvalue weighted by atomic mass is 9.51. The summed E-state index contributed by atoms with van der Waals surface area (Å²) in [4.78, 5) is 57.7. The number of phenolic OH excluding ortho intramolecular Hbond substituents is 1. The van der Waals surface area contributed by atoms with E-state index in [1.165, 1.54) is 21.9 Å². The molecule has 0 spiro atoms. The number of hydrogen-bond donors (Lipinski definition) is 1. The van der Waals surface area contributed by atoms with Gasteiger partial charge < -0.3 is 5.11 Å². The normalized spacial score (nSPS) is 32.3. The van der Waals surface area contributed by atoms with Crippen LogP contribution in [0.15, 0.2) is 60.2 Å². The zero-order valence-electron chi connectivity index (χ0n) is 21.3. The largest absolute Gasteiger partial charge is 0.508 e.